The average molecular weight is 591 g/mol. The summed E-state index contributed by atoms with van der Waals surface area (Å²) < 4.78 is 6.02. The number of aryl methyl sites for hydroxylation is 1. The lowest BCUT2D eigenvalue weighted by atomic mass is 10.00. The third-order valence-electron chi connectivity index (χ3n) is 8.10. The first-order valence-electron chi connectivity index (χ1n) is 15.2. The van der Waals surface area contributed by atoms with Gasteiger partial charge in [-0.05, 0) is 61.7 Å². The second-order valence-corrected chi connectivity index (χ2v) is 11.3. The number of rotatable bonds is 13. The summed E-state index contributed by atoms with van der Waals surface area (Å²) in [6.07, 6.45) is 4.27. The van der Waals surface area contributed by atoms with E-state index < -0.39 is 12.0 Å². The molecule has 1 fully saturated rings. The molecule has 5 rings (SSSR count). The molecule has 4 aromatic rings. The monoisotopic (exact) mass is 590 g/mol. The molecule has 0 radical (unpaired) electrons. The normalized spacial score (nSPS) is 13.7. The van der Waals surface area contributed by atoms with Gasteiger partial charge in [0.05, 0.1) is 6.54 Å². The van der Waals surface area contributed by atoms with Crippen molar-refractivity contribution in [1.29, 1.82) is 0 Å². The number of carbonyl (C=O) groups excluding carboxylic acids is 2. The van der Waals surface area contributed by atoms with E-state index in [1.54, 1.807) is 48.5 Å². The molecule has 1 unspecified atom stereocenters. The van der Waals surface area contributed by atoms with Gasteiger partial charge in [0.25, 0.3) is 0 Å². The number of carboxylic acids is 1. The van der Waals surface area contributed by atoms with Crippen molar-refractivity contribution in [2.75, 3.05) is 23.4 Å². The van der Waals surface area contributed by atoms with Crippen LogP contribution >= 0.6 is 0 Å². The molecule has 2 N–H and O–H groups in total. The highest BCUT2D eigenvalue weighted by Gasteiger charge is 2.28. The molecule has 0 aromatic heterocycles. The van der Waals surface area contributed by atoms with Crippen LogP contribution in [0.25, 0.3) is 0 Å². The summed E-state index contributed by atoms with van der Waals surface area (Å²) in [6.45, 7) is 2.80. The number of carboxylic acid groups (broad SMARTS) is 1. The van der Waals surface area contributed by atoms with Crippen LogP contribution in [0, 0.1) is 12.8 Å². The molecule has 0 aliphatic heterocycles. The summed E-state index contributed by atoms with van der Waals surface area (Å²) in [5, 5.41) is 13.1. The number of aliphatic carboxylic acids is 1. The van der Waals surface area contributed by atoms with Crippen molar-refractivity contribution in [2.24, 2.45) is 5.92 Å². The van der Waals surface area contributed by atoms with E-state index in [0.29, 0.717) is 35.7 Å². The number of hydrogen-bond acceptors (Lipinski definition) is 5. The quantitative estimate of drug-likeness (QED) is 0.164. The Hall–Kier alpha value is -4.91. The Morgan fingerprint density at radius 1 is 0.864 bits per heavy atom. The maximum Gasteiger partial charge on any atom is 0.326 e. The van der Waals surface area contributed by atoms with Crippen molar-refractivity contribution in [3.63, 3.8) is 0 Å². The van der Waals surface area contributed by atoms with Crippen molar-refractivity contribution >= 4 is 29.0 Å². The first kappa shape index (κ1) is 30.5. The maximum atomic E-state index is 13.3. The molecule has 1 amide bonds. The van der Waals surface area contributed by atoms with E-state index in [2.05, 4.69) is 5.32 Å². The number of ether oxygens (including phenoxy) is 1. The zero-order chi connectivity index (χ0) is 30.9. The fraction of sp³-hybridized carbons (Fsp3) is 0.270. The van der Waals surface area contributed by atoms with Gasteiger partial charge in [0.2, 0.25) is 5.91 Å². The van der Waals surface area contributed by atoms with E-state index in [0.717, 1.165) is 42.5 Å². The molecule has 7 nitrogen and oxygen atoms in total. The number of para-hydroxylation sites is 1. The highest BCUT2D eigenvalue weighted by Crippen LogP contribution is 2.29. The first-order chi connectivity index (χ1) is 21.4. The van der Waals surface area contributed by atoms with E-state index in [1.165, 1.54) is 0 Å². The molecule has 7 heteroatoms. The molecule has 1 aliphatic rings. The number of carbonyl (C=O) groups is 3. The van der Waals surface area contributed by atoms with Crippen molar-refractivity contribution in [1.82, 2.24) is 0 Å². The van der Waals surface area contributed by atoms with Gasteiger partial charge in [-0.25, -0.2) is 4.79 Å². The molecule has 226 valence electrons. The van der Waals surface area contributed by atoms with E-state index in [-0.39, 0.29) is 24.0 Å². The van der Waals surface area contributed by atoms with Gasteiger partial charge in [0, 0.05) is 34.8 Å². The maximum absolute atomic E-state index is 13.3. The molecule has 44 heavy (non-hydrogen) atoms. The molecular weight excluding hydrogens is 552 g/mol. The van der Waals surface area contributed by atoms with Gasteiger partial charge in [-0.3, -0.25) is 9.59 Å². The smallest absolute Gasteiger partial charge is 0.326 e. The van der Waals surface area contributed by atoms with Crippen molar-refractivity contribution in [2.45, 2.75) is 45.1 Å². The summed E-state index contributed by atoms with van der Waals surface area (Å²) in [6, 6.07) is 30.3. The minimum atomic E-state index is -1.02. The van der Waals surface area contributed by atoms with Crippen LogP contribution < -0.4 is 15.0 Å². The summed E-state index contributed by atoms with van der Waals surface area (Å²) in [5.41, 5.74) is 4.25. The Labute approximate surface area is 258 Å². The molecule has 0 bridgehead atoms. The molecular formula is C37H38N2O5. The lowest BCUT2D eigenvalue weighted by molar-refractivity contribution is -0.137. The molecule has 0 spiro atoms. The number of amides is 1. The molecule has 1 saturated carbocycles. The van der Waals surface area contributed by atoms with E-state index in [4.69, 9.17) is 4.74 Å². The lowest BCUT2D eigenvalue weighted by Gasteiger charge is -2.26. The Morgan fingerprint density at radius 2 is 1.52 bits per heavy atom. The number of benzene rings is 4. The second-order valence-electron chi connectivity index (χ2n) is 11.3. The fourth-order valence-corrected chi connectivity index (χ4v) is 5.64. The minimum absolute atomic E-state index is 0.0646. The van der Waals surface area contributed by atoms with Crippen LogP contribution in [-0.4, -0.2) is 42.0 Å². The zero-order valence-corrected chi connectivity index (χ0v) is 24.9. The molecule has 1 aliphatic carbocycles. The lowest BCUT2D eigenvalue weighted by Crippen LogP contribution is -2.38. The van der Waals surface area contributed by atoms with Crippen molar-refractivity contribution < 1.29 is 24.2 Å². The number of ketones is 1. The molecule has 4 aromatic carbocycles. The highest BCUT2D eigenvalue weighted by atomic mass is 16.5. The Kier molecular flexibility index (Phi) is 10.1. The van der Waals surface area contributed by atoms with Gasteiger partial charge in [-0.15, -0.1) is 0 Å². The molecule has 0 heterocycles. The van der Waals surface area contributed by atoms with E-state index in [1.807, 2.05) is 66.4 Å². The average Bonchev–Trinajstić information content (AvgIpc) is 3.60. The zero-order valence-electron chi connectivity index (χ0n) is 24.9. The molecule has 1 atom stereocenters. The number of nitrogens with one attached hydrogen (secondary N) is 1. The predicted octanol–water partition coefficient (Wildman–Crippen LogP) is 6.94. The molecule has 0 saturated heterocycles. The van der Waals surface area contributed by atoms with Crippen LogP contribution in [0.5, 0.6) is 5.75 Å². The summed E-state index contributed by atoms with van der Waals surface area (Å²) in [5.74, 6) is -0.329. The van der Waals surface area contributed by atoms with Crippen molar-refractivity contribution in [3.05, 3.63) is 125 Å². The van der Waals surface area contributed by atoms with Gasteiger partial charge in [0.1, 0.15) is 18.4 Å². The predicted molar refractivity (Wildman–Crippen MR) is 172 cm³/mol. The van der Waals surface area contributed by atoms with Crippen molar-refractivity contribution in [3.8, 4) is 5.75 Å². The summed E-state index contributed by atoms with van der Waals surface area (Å²) in [4.78, 5) is 40.5. The summed E-state index contributed by atoms with van der Waals surface area (Å²) in [7, 11) is 0. The van der Waals surface area contributed by atoms with Crippen LogP contribution in [0.2, 0.25) is 0 Å². The van der Waals surface area contributed by atoms with E-state index >= 15 is 0 Å². The van der Waals surface area contributed by atoms with Crippen LogP contribution in [0.4, 0.5) is 11.4 Å². The largest absolute Gasteiger partial charge is 0.492 e. The number of hydrogen-bond donors (Lipinski definition) is 2. The standard InChI is InChI=1S/C37H38N2O5/c1-26-15-19-30(20-16-26)39(36(41)29-11-5-6-12-29)23-24-44-31-21-17-27(18-22-31)25-34(37(42)43)38-33-14-8-7-13-32(33)35(40)28-9-3-2-4-10-28/h2-4,7-10,13-22,29,34,38H,5-6,11-12,23-25H2,1H3,(H,42,43). The SMILES string of the molecule is Cc1ccc(N(CCOc2ccc(CC(Nc3ccccc3C(=O)c3ccccc3)C(=O)O)cc2)C(=O)C2CCCC2)cc1. The van der Waals surface area contributed by atoms with Gasteiger partial charge in [-0.2, -0.15) is 0 Å². The van der Waals surface area contributed by atoms with Crippen LogP contribution in [0.3, 0.4) is 0 Å². The Balaban J connectivity index is 1.21. The topological polar surface area (TPSA) is 95.9 Å². The minimum Gasteiger partial charge on any atom is -0.492 e. The Bertz CT molecular complexity index is 1560. The number of anilines is 2. The van der Waals surface area contributed by atoms with Crippen LogP contribution in [0.1, 0.15) is 52.7 Å². The van der Waals surface area contributed by atoms with Gasteiger partial charge >= 0.3 is 5.97 Å². The second kappa shape index (κ2) is 14.5. The highest BCUT2D eigenvalue weighted by molar-refractivity contribution is 6.12. The van der Waals surface area contributed by atoms with Gasteiger partial charge in [-0.1, -0.05) is 85.1 Å². The summed E-state index contributed by atoms with van der Waals surface area (Å²) >= 11 is 0. The third-order valence-corrected chi connectivity index (χ3v) is 8.10. The number of nitrogens with zero attached hydrogens (tertiary/aromatic N) is 1. The third kappa shape index (κ3) is 7.72. The van der Waals surface area contributed by atoms with Crippen LogP contribution in [0.15, 0.2) is 103 Å². The fourth-order valence-electron chi connectivity index (χ4n) is 5.64. The van der Waals surface area contributed by atoms with E-state index in [9.17, 15) is 19.5 Å². The first-order valence-corrected chi connectivity index (χ1v) is 15.2. The van der Waals surface area contributed by atoms with Gasteiger partial charge < -0.3 is 20.1 Å². The van der Waals surface area contributed by atoms with Crippen LogP contribution in [-0.2, 0) is 16.0 Å². The Morgan fingerprint density at radius 3 is 2.20 bits per heavy atom. The van der Waals surface area contributed by atoms with Gasteiger partial charge in [0.15, 0.2) is 5.78 Å².